The second-order valence-electron chi connectivity index (χ2n) is 5.80. The number of rotatable bonds is 7. The molecule has 114 valence electrons. The standard InChI is InChI=1S/C15H26N2O2S/c1-12(2)10-11-13(3)16-14-8-6-7-9-15(14)20(18,19)17(4)5/h6-9,12-13,16H,10-11H2,1-5H3. The van der Waals surface area contributed by atoms with Crippen LogP contribution in [-0.4, -0.2) is 32.9 Å². The van der Waals surface area contributed by atoms with Gasteiger partial charge >= 0.3 is 0 Å². The lowest BCUT2D eigenvalue weighted by atomic mass is 10.0. The highest BCUT2D eigenvalue weighted by atomic mass is 32.2. The van der Waals surface area contributed by atoms with Crippen molar-refractivity contribution in [2.24, 2.45) is 5.92 Å². The smallest absolute Gasteiger partial charge is 0.244 e. The zero-order valence-corrected chi connectivity index (χ0v) is 13.9. The Balaban J connectivity index is 2.92. The van der Waals surface area contributed by atoms with E-state index in [9.17, 15) is 8.42 Å². The van der Waals surface area contributed by atoms with Crippen LogP contribution < -0.4 is 5.32 Å². The molecule has 1 atom stereocenters. The van der Waals surface area contributed by atoms with E-state index >= 15 is 0 Å². The Labute approximate surface area is 123 Å². The molecule has 0 aliphatic heterocycles. The molecule has 1 N–H and O–H groups in total. The molecule has 20 heavy (non-hydrogen) atoms. The fraction of sp³-hybridized carbons (Fsp3) is 0.600. The number of para-hydroxylation sites is 1. The average molecular weight is 298 g/mol. The number of hydrogen-bond donors (Lipinski definition) is 1. The van der Waals surface area contributed by atoms with Crippen LogP contribution in [0.1, 0.15) is 33.6 Å². The maximum atomic E-state index is 12.3. The molecular weight excluding hydrogens is 272 g/mol. The van der Waals surface area contributed by atoms with E-state index in [2.05, 4.69) is 26.1 Å². The van der Waals surface area contributed by atoms with E-state index in [4.69, 9.17) is 0 Å². The molecule has 0 aromatic heterocycles. The molecule has 4 nitrogen and oxygen atoms in total. The summed E-state index contributed by atoms with van der Waals surface area (Å²) in [5, 5.41) is 3.32. The Bertz CT molecular complexity index is 524. The van der Waals surface area contributed by atoms with Gasteiger partial charge in [0.2, 0.25) is 10.0 Å². The van der Waals surface area contributed by atoms with Crippen LogP contribution in [0.25, 0.3) is 0 Å². The highest BCUT2D eigenvalue weighted by Crippen LogP contribution is 2.24. The van der Waals surface area contributed by atoms with E-state index in [0.717, 1.165) is 12.8 Å². The molecule has 0 saturated carbocycles. The first-order valence-corrected chi connectivity index (χ1v) is 8.47. The van der Waals surface area contributed by atoms with Gasteiger partial charge in [-0.1, -0.05) is 26.0 Å². The van der Waals surface area contributed by atoms with Crippen LogP contribution in [-0.2, 0) is 10.0 Å². The number of nitrogens with one attached hydrogen (secondary N) is 1. The Morgan fingerprint density at radius 2 is 1.70 bits per heavy atom. The van der Waals surface area contributed by atoms with Crippen LogP contribution in [0.15, 0.2) is 29.2 Å². The van der Waals surface area contributed by atoms with Crippen molar-refractivity contribution in [3.8, 4) is 0 Å². The van der Waals surface area contributed by atoms with Crippen LogP contribution in [0.2, 0.25) is 0 Å². The largest absolute Gasteiger partial charge is 0.381 e. The van der Waals surface area contributed by atoms with Gasteiger partial charge in [0.1, 0.15) is 4.90 Å². The van der Waals surface area contributed by atoms with E-state index in [1.165, 1.54) is 4.31 Å². The predicted molar refractivity (Wildman–Crippen MR) is 84.5 cm³/mol. The number of nitrogens with zero attached hydrogens (tertiary/aromatic N) is 1. The molecule has 1 rings (SSSR count). The molecule has 0 radical (unpaired) electrons. The number of sulfonamides is 1. The first kappa shape index (κ1) is 17.0. The van der Waals surface area contributed by atoms with Gasteiger partial charge in [-0.25, -0.2) is 12.7 Å². The third-order valence-corrected chi connectivity index (χ3v) is 5.10. The first-order valence-electron chi connectivity index (χ1n) is 7.03. The summed E-state index contributed by atoms with van der Waals surface area (Å²) in [7, 11) is -0.314. The van der Waals surface area contributed by atoms with E-state index < -0.39 is 10.0 Å². The highest BCUT2D eigenvalue weighted by Gasteiger charge is 2.21. The number of benzene rings is 1. The van der Waals surface area contributed by atoms with Crippen LogP contribution >= 0.6 is 0 Å². The van der Waals surface area contributed by atoms with E-state index in [0.29, 0.717) is 16.5 Å². The normalized spacial score (nSPS) is 13.8. The topological polar surface area (TPSA) is 49.4 Å². The van der Waals surface area contributed by atoms with Crippen LogP contribution in [0.3, 0.4) is 0 Å². The zero-order chi connectivity index (χ0) is 15.3. The SMILES string of the molecule is CC(C)CCC(C)Nc1ccccc1S(=O)(=O)N(C)C. The van der Waals surface area contributed by atoms with Crippen molar-refractivity contribution in [1.29, 1.82) is 0 Å². The number of anilines is 1. The lowest BCUT2D eigenvalue weighted by Gasteiger charge is -2.20. The molecule has 1 aromatic rings. The van der Waals surface area contributed by atoms with Crippen molar-refractivity contribution in [2.75, 3.05) is 19.4 Å². The third kappa shape index (κ3) is 4.49. The van der Waals surface area contributed by atoms with Crippen molar-refractivity contribution < 1.29 is 8.42 Å². The summed E-state index contributed by atoms with van der Waals surface area (Å²) < 4.78 is 25.8. The highest BCUT2D eigenvalue weighted by molar-refractivity contribution is 7.89. The minimum atomic E-state index is -3.41. The van der Waals surface area contributed by atoms with Crippen molar-refractivity contribution in [2.45, 2.75) is 44.6 Å². The molecule has 0 aliphatic rings. The van der Waals surface area contributed by atoms with Crippen molar-refractivity contribution in [1.82, 2.24) is 4.31 Å². The van der Waals surface area contributed by atoms with Gasteiger partial charge in [-0.2, -0.15) is 0 Å². The maximum Gasteiger partial charge on any atom is 0.244 e. The molecule has 0 aliphatic carbocycles. The van der Waals surface area contributed by atoms with Gasteiger partial charge < -0.3 is 5.32 Å². The molecule has 0 bridgehead atoms. The summed E-state index contributed by atoms with van der Waals surface area (Å²) in [5.41, 5.74) is 0.678. The fourth-order valence-corrected chi connectivity index (χ4v) is 2.98. The Hall–Kier alpha value is -1.07. The second kappa shape index (κ2) is 7.09. The van der Waals surface area contributed by atoms with Crippen LogP contribution in [0.5, 0.6) is 0 Å². The zero-order valence-electron chi connectivity index (χ0n) is 13.1. The molecule has 0 amide bonds. The summed E-state index contributed by atoms with van der Waals surface area (Å²) >= 11 is 0. The van der Waals surface area contributed by atoms with Gasteiger partial charge in [-0.05, 0) is 37.8 Å². The Morgan fingerprint density at radius 1 is 1.10 bits per heavy atom. The quantitative estimate of drug-likeness (QED) is 0.841. The van der Waals surface area contributed by atoms with Gasteiger partial charge in [0.15, 0.2) is 0 Å². The van der Waals surface area contributed by atoms with Crippen molar-refractivity contribution in [3.05, 3.63) is 24.3 Å². The Kier molecular flexibility index (Phi) is 6.02. The van der Waals surface area contributed by atoms with E-state index in [1.807, 2.05) is 12.1 Å². The van der Waals surface area contributed by atoms with Gasteiger partial charge in [-0.15, -0.1) is 0 Å². The molecule has 1 unspecified atom stereocenters. The van der Waals surface area contributed by atoms with Crippen LogP contribution in [0, 0.1) is 5.92 Å². The summed E-state index contributed by atoms with van der Waals surface area (Å²) in [4.78, 5) is 0.335. The molecule has 0 spiro atoms. The molecule has 0 fully saturated rings. The maximum absolute atomic E-state index is 12.3. The van der Waals surface area contributed by atoms with Gasteiger partial charge in [0, 0.05) is 20.1 Å². The monoisotopic (exact) mass is 298 g/mol. The van der Waals surface area contributed by atoms with Gasteiger partial charge in [0.25, 0.3) is 0 Å². The van der Waals surface area contributed by atoms with Gasteiger partial charge in [0.05, 0.1) is 5.69 Å². The lowest BCUT2D eigenvalue weighted by molar-refractivity contribution is 0.518. The lowest BCUT2D eigenvalue weighted by Crippen LogP contribution is -2.25. The predicted octanol–water partition coefficient (Wildman–Crippen LogP) is 3.17. The van der Waals surface area contributed by atoms with Gasteiger partial charge in [-0.3, -0.25) is 0 Å². The minimum absolute atomic E-state index is 0.246. The molecule has 0 heterocycles. The summed E-state index contributed by atoms with van der Waals surface area (Å²) in [6.45, 7) is 6.47. The summed E-state index contributed by atoms with van der Waals surface area (Å²) in [5.74, 6) is 0.653. The first-order chi connectivity index (χ1) is 9.25. The van der Waals surface area contributed by atoms with Crippen molar-refractivity contribution >= 4 is 15.7 Å². The molecule has 0 saturated heterocycles. The summed E-state index contributed by atoms with van der Waals surface area (Å²) in [6.07, 6.45) is 2.14. The van der Waals surface area contributed by atoms with E-state index in [-0.39, 0.29) is 6.04 Å². The fourth-order valence-electron chi connectivity index (χ4n) is 1.93. The summed E-state index contributed by atoms with van der Waals surface area (Å²) in [6, 6.07) is 7.32. The number of hydrogen-bond acceptors (Lipinski definition) is 3. The Morgan fingerprint density at radius 3 is 2.25 bits per heavy atom. The second-order valence-corrected chi connectivity index (χ2v) is 7.92. The molecule has 1 aromatic carbocycles. The molecular formula is C15H26N2O2S. The van der Waals surface area contributed by atoms with Crippen molar-refractivity contribution in [3.63, 3.8) is 0 Å². The molecule has 5 heteroatoms. The van der Waals surface area contributed by atoms with E-state index in [1.54, 1.807) is 26.2 Å². The third-order valence-electron chi connectivity index (χ3n) is 3.22. The van der Waals surface area contributed by atoms with Crippen LogP contribution in [0.4, 0.5) is 5.69 Å². The minimum Gasteiger partial charge on any atom is -0.381 e. The average Bonchev–Trinajstić information content (AvgIpc) is 2.36.